The lowest BCUT2D eigenvalue weighted by Gasteiger charge is -2.07. The van der Waals surface area contributed by atoms with Crippen LogP contribution in [0.4, 0.5) is 0 Å². The van der Waals surface area contributed by atoms with Crippen LogP contribution >= 0.6 is 11.8 Å². The molecule has 0 amide bonds. The molecule has 6 nitrogen and oxygen atoms in total. The smallest absolute Gasteiger partial charge is 0.221 e. The average molecular weight is 425 g/mol. The molecule has 5 aromatic rings. The zero-order valence-corrected chi connectivity index (χ0v) is 18.0. The van der Waals surface area contributed by atoms with Gasteiger partial charge in [0.25, 0.3) is 0 Å². The molecule has 2 heterocycles. The van der Waals surface area contributed by atoms with Crippen molar-refractivity contribution in [2.75, 3.05) is 0 Å². The Bertz CT molecular complexity index is 1320. The van der Waals surface area contributed by atoms with Crippen molar-refractivity contribution < 1.29 is 0 Å². The molecule has 0 bridgehead atoms. The van der Waals surface area contributed by atoms with E-state index in [9.17, 15) is 0 Å². The van der Waals surface area contributed by atoms with E-state index in [2.05, 4.69) is 70.5 Å². The molecular weight excluding hydrogens is 404 g/mol. The molecule has 0 saturated carbocycles. The number of rotatable bonds is 5. The topological polar surface area (TPSA) is 61.4 Å². The third kappa shape index (κ3) is 3.87. The molecule has 0 aliphatic carbocycles. The van der Waals surface area contributed by atoms with Gasteiger partial charge >= 0.3 is 0 Å². The fraction of sp³-hybridized carbons (Fsp3) is 0.0833. The standard InChI is InChI=1S/C24H20N6S/c1-17-13-14-19(15-18(17)2)22-16-29(20-9-5-3-6-10-20)23(25-22)31-24-26-27-28-30(24)21-11-7-4-8-12-21/h3-16H,1-2H3. The van der Waals surface area contributed by atoms with Crippen LogP contribution in [0.15, 0.2) is 95.4 Å². The summed E-state index contributed by atoms with van der Waals surface area (Å²) in [5.41, 5.74) is 6.45. The molecule has 0 spiro atoms. The molecule has 0 radical (unpaired) electrons. The Hall–Kier alpha value is -3.71. The number of tetrazole rings is 1. The Morgan fingerprint density at radius 2 is 1.45 bits per heavy atom. The highest BCUT2D eigenvalue weighted by Crippen LogP contribution is 2.32. The number of imidazole rings is 1. The predicted octanol–water partition coefficient (Wildman–Crippen LogP) is 5.28. The zero-order valence-electron chi connectivity index (χ0n) is 17.2. The summed E-state index contributed by atoms with van der Waals surface area (Å²) >= 11 is 1.44. The van der Waals surface area contributed by atoms with Gasteiger partial charge in [-0.1, -0.05) is 48.5 Å². The minimum atomic E-state index is 0.653. The van der Waals surface area contributed by atoms with Gasteiger partial charge in [0.1, 0.15) is 0 Å². The van der Waals surface area contributed by atoms with Crippen LogP contribution in [0.25, 0.3) is 22.6 Å². The van der Waals surface area contributed by atoms with E-state index in [1.54, 1.807) is 4.68 Å². The number of aromatic nitrogens is 6. The van der Waals surface area contributed by atoms with Gasteiger partial charge in [-0.15, -0.1) is 5.10 Å². The molecule has 31 heavy (non-hydrogen) atoms. The molecule has 7 heteroatoms. The fourth-order valence-electron chi connectivity index (χ4n) is 3.30. The van der Waals surface area contributed by atoms with E-state index >= 15 is 0 Å². The summed E-state index contributed by atoms with van der Waals surface area (Å²) in [5.74, 6) is 0. The second-order valence-electron chi connectivity index (χ2n) is 7.22. The van der Waals surface area contributed by atoms with Crippen molar-refractivity contribution in [1.82, 2.24) is 29.8 Å². The second kappa shape index (κ2) is 8.20. The third-order valence-corrected chi connectivity index (χ3v) is 6.04. The van der Waals surface area contributed by atoms with E-state index in [0.29, 0.717) is 5.16 Å². The molecule has 0 N–H and O–H groups in total. The van der Waals surface area contributed by atoms with Crippen LogP contribution in [0.5, 0.6) is 0 Å². The van der Waals surface area contributed by atoms with Gasteiger partial charge in [0.15, 0.2) is 5.16 Å². The Morgan fingerprint density at radius 1 is 0.742 bits per heavy atom. The van der Waals surface area contributed by atoms with Crippen LogP contribution in [0.1, 0.15) is 11.1 Å². The van der Waals surface area contributed by atoms with E-state index in [1.807, 2.05) is 48.5 Å². The Balaban J connectivity index is 1.59. The number of hydrogen-bond acceptors (Lipinski definition) is 5. The summed E-state index contributed by atoms with van der Waals surface area (Å²) in [6.45, 7) is 4.24. The van der Waals surface area contributed by atoms with E-state index in [-0.39, 0.29) is 0 Å². The molecule has 0 aliphatic rings. The maximum atomic E-state index is 4.95. The van der Waals surface area contributed by atoms with Gasteiger partial charge in [-0.2, -0.15) is 4.68 Å². The van der Waals surface area contributed by atoms with Crippen LogP contribution < -0.4 is 0 Å². The van der Waals surface area contributed by atoms with Gasteiger partial charge in [-0.3, -0.25) is 4.57 Å². The van der Waals surface area contributed by atoms with Crippen molar-refractivity contribution in [3.8, 4) is 22.6 Å². The van der Waals surface area contributed by atoms with Gasteiger partial charge in [0.05, 0.1) is 11.4 Å². The molecule has 0 fully saturated rings. The summed E-state index contributed by atoms with van der Waals surface area (Å²) in [7, 11) is 0. The van der Waals surface area contributed by atoms with E-state index in [1.165, 1.54) is 22.9 Å². The molecule has 0 atom stereocenters. The first kappa shape index (κ1) is 19.3. The number of nitrogens with zero attached hydrogens (tertiary/aromatic N) is 6. The summed E-state index contributed by atoms with van der Waals surface area (Å²) in [6, 6.07) is 26.5. The lowest BCUT2D eigenvalue weighted by molar-refractivity contribution is 0.754. The lowest BCUT2D eigenvalue weighted by atomic mass is 10.0. The SMILES string of the molecule is Cc1ccc(-c2cn(-c3ccccc3)c(Sc3nnnn3-c3ccccc3)n2)cc1C. The normalized spacial score (nSPS) is 11.0. The Labute approximate surface area is 184 Å². The van der Waals surface area contributed by atoms with E-state index in [0.717, 1.165) is 27.8 Å². The summed E-state index contributed by atoms with van der Waals surface area (Å²) in [6.07, 6.45) is 2.07. The average Bonchev–Trinajstić information content (AvgIpc) is 3.44. The van der Waals surface area contributed by atoms with Gasteiger partial charge in [0, 0.05) is 17.4 Å². The Kier molecular flexibility index (Phi) is 5.09. The first-order chi connectivity index (χ1) is 15.2. The zero-order chi connectivity index (χ0) is 21.2. The largest absolute Gasteiger partial charge is 0.294 e. The van der Waals surface area contributed by atoms with Crippen LogP contribution in [0.3, 0.4) is 0 Å². The maximum absolute atomic E-state index is 4.95. The van der Waals surface area contributed by atoms with E-state index in [4.69, 9.17) is 4.98 Å². The van der Waals surface area contributed by atoms with Gasteiger partial charge < -0.3 is 0 Å². The van der Waals surface area contributed by atoms with Crippen molar-refractivity contribution in [2.45, 2.75) is 24.2 Å². The number of hydrogen-bond donors (Lipinski definition) is 0. The minimum absolute atomic E-state index is 0.653. The molecule has 5 rings (SSSR count). The molecule has 152 valence electrons. The fourth-order valence-corrected chi connectivity index (χ4v) is 4.17. The minimum Gasteiger partial charge on any atom is -0.294 e. The monoisotopic (exact) mass is 424 g/mol. The molecule has 2 aromatic heterocycles. The van der Waals surface area contributed by atoms with Crippen LogP contribution in [0, 0.1) is 13.8 Å². The van der Waals surface area contributed by atoms with Crippen LogP contribution in [0.2, 0.25) is 0 Å². The molecular formula is C24H20N6S. The van der Waals surface area contributed by atoms with Crippen molar-refractivity contribution >= 4 is 11.8 Å². The van der Waals surface area contributed by atoms with Crippen molar-refractivity contribution in [1.29, 1.82) is 0 Å². The Morgan fingerprint density at radius 3 is 2.16 bits per heavy atom. The summed E-state index contributed by atoms with van der Waals surface area (Å²) in [5, 5.41) is 13.8. The van der Waals surface area contributed by atoms with Crippen LogP contribution in [-0.4, -0.2) is 29.8 Å². The van der Waals surface area contributed by atoms with Crippen LogP contribution in [-0.2, 0) is 0 Å². The predicted molar refractivity (Wildman–Crippen MR) is 122 cm³/mol. The highest BCUT2D eigenvalue weighted by Gasteiger charge is 2.17. The van der Waals surface area contributed by atoms with Gasteiger partial charge in [-0.25, -0.2) is 4.98 Å². The molecule has 3 aromatic carbocycles. The summed E-state index contributed by atoms with van der Waals surface area (Å²) < 4.78 is 3.81. The maximum Gasteiger partial charge on any atom is 0.221 e. The molecule has 0 aliphatic heterocycles. The van der Waals surface area contributed by atoms with Gasteiger partial charge in [-0.05, 0) is 77.5 Å². The van der Waals surface area contributed by atoms with Crippen molar-refractivity contribution in [2.24, 2.45) is 0 Å². The molecule has 0 saturated heterocycles. The van der Waals surface area contributed by atoms with Crippen molar-refractivity contribution in [3.63, 3.8) is 0 Å². The van der Waals surface area contributed by atoms with Crippen molar-refractivity contribution in [3.05, 3.63) is 96.2 Å². The lowest BCUT2D eigenvalue weighted by Crippen LogP contribution is -2.00. The quantitative estimate of drug-likeness (QED) is 0.384. The first-order valence-corrected chi connectivity index (χ1v) is 10.7. The second-order valence-corrected chi connectivity index (χ2v) is 8.16. The first-order valence-electron chi connectivity index (χ1n) is 9.93. The van der Waals surface area contributed by atoms with E-state index < -0.39 is 0 Å². The highest BCUT2D eigenvalue weighted by atomic mass is 32.2. The number of benzene rings is 3. The highest BCUT2D eigenvalue weighted by molar-refractivity contribution is 7.99. The molecule has 0 unspecified atom stereocenters. The van der Waals surface area contributed by atoms with Gasteiger partial charge in [0.2, 0.25) is 5.16 Å². The number of para-hydroxylation sites is 2. The number of aryl methyl sites for hydroxylation is 2. The summed E-state index contributed by atoms with van der Waals surface area (Å²) in [4.78, 5) is 4.95. The third-order valence-electron chi connectivity index (χ3n) is 5.13.